The van der Waals surface area contributed by atoms with Crippen molar-refractivity contribution >= 4 is 11.8 Å². The molecule has 4 nitrogen and oxygen atoms in total. The lowest BCUT2D eigenvalue weighted by Crippen LogP contribution is -2.07. The summed E-state index contributed by atoms with van der Waals surface area (Å²) >= 11 is 0. The molecule has 1 aromatic rings. The quantitative estimate of drug-likeness (QED) is 0.689. The first kappa shape index (κ1) is 14.5. The standard InChI is InChI=1S/C14H21NO3/c1-2-3-4-5-9-18-11-12-7-6-8-13(10-12)15-14(16)17/h6-8,10,15H,2-5,9,11H2,1H3,(H,16,17). The zero-order valence-corrected chi connectivity index (χ0v) is 10.8. The van der Waals surface area contributed by atoms with Crippen LogP contribution in [0.25, 0.3) is 0 Å². The van der Waals surface area contributed by atoms with E-state index in [2.05, 4.69) is 12.2 Å². The highest BCUT2D eigenvalue weighted by atomic mass is 16.5. The number of benzene rings is 1. The van der Waals surface area contributed by atoms with Gasteiger partial charge in [-0.05, 0) is 24.1 Å². The second kappa shape index (κ2) is 8.53. The van der Waals surface area contributed by atoms with Crippen molar-refractivity contribution in [3.63, 3.8) is 0 Å². The topological polar surface area (TPSA) is 58.6 Å². The Balaban J connectivity index is 2.27. The van der Waals surface area contributed by atoms with Crippen molar-refractivity contribution in [3.05, 3.63) is 29.8 Å². The highest BCUT2D eigenvalue weighted by Gasteiger charge is 1.99. The molecule has 0 spiro atoms. The van der Waals surface area contributed by atoms with Gasteiger partial charge >= 0.3 is 6.09 Å². The van der Waals surface area contributed by atoms with Crippen LogP contribution >= 0.6 is 0 Å². The predicted octanol–water partition coefficient (Wildman–Crippen LogP) is 3.87. The smallest absolute Gasteiger partial charge is 0.409 e. The molecule has 0 aliphatic heterocycles. The molecule has 1 rings (SSSR count). The summed E-state index contributed by atoms with van der Waals surface area (Å²) in [5.74, 6) is 0. The van der Waals surface area contributed by atoms with Gasteiger partial charge in [-0.3, -0.25) is 5.32 Å². The molecule has 0 atom stereocenters. The first-order valence-corrected chi connectivity index (χ1v) is 6.39. The summed E-state index contributed by atoms with van der Waals surface area (Å²) in [6, 6.07) is 7.26. The van der Waals surface area contributed by atoms with Gasteiger partial charge in [0.25, 0.3) is 0 Å². The maximum Gasteiger partial charge on any atom is 0.409 e. The summed E-state index contributed by atoms with van der Waals surface area (Å²) in [4.78, 5) is 10.5. The fraction of sp³-hybridized carbons (Fsp3) is 0.500. The Morgan fingerprint density at radius 1 is 1.33 bits per heavy atom. The molecule has 0 bridgehead atoms. The lowest BCUT2D eigenvalue weighted by atomic mass is 10.2. The van der Waals surface area contributed by atoms with E-state index in [1.807, 2.05) is 12.1 Å². The van der Waals surface area contributed by atoms with Crippen LogP contribution in [0.15, 0.2) is 24.3 Å². The molecule has 0 aliphatic carbocycles. The largest absolute Gasteiger partial charge is 0.465 e. The van der Waals surface area contributed by atoms with Crippen LogP contribution in [0.5, 0.6) is 0 Å². The van der Waals surface area contributed by atoms with Crippen molar-refractivity contribution in [2.24, 2.45) is 0 Å². The van der Waals surface area contributed by atoms with E-state index >= 15 is 0 Å². The Morgan fingerprint density at radius 3 is 2.89 bits per heavy atom. The Morgan fingerprint density at radius 2 is 2.17 bits per heavy atom. The van der Waals surface area contributed by atoms with E-state index in [9.17, 15) is 4.79 Å². The normalized spacial score (nSPS) is 10.3. The second-order valence-corrected chi connectivity index (χ2v) is 4.24. The second-order valence-electron chi connectivity index (χ2n) is 4.24. The minimum Gasteiger partial charge on any atom is -0.465 e. The molecular formula is C14H21NO3. The van der Waals surface area contributed by atoms with Gasteiger partial charge in [0.15, 0.2) is 0 Å². The van der Waals surface area contributed by atoms with Crippen LogP contribution < -0.4 is 5.32 Å². The molecule has 0 fully saturated rings. The molecule has 1 amide bonds. The molecule has 1 aromatic carbocycles. The predicted molar refractivity (Wildman–Crippen MR) is 71.9 cm³/mol. The SMILES string of the molecule is CCCCCCOCc1cccc(NC(=O)O)c1. The van der Waals surface area contributed by atoms with Gasteiger partial charge in [0.05, 0.1) is 6.61 Å². The number of carbonyl (C=O) groups is 1. The van der Waals surface area contributed by atoms with Crippen LogP contribution in [-0.2, 0) is 11.3 Å². The molecular weight excluding hydrogens is 230 g/mol. The van der Waals surface area contributed by atoms with Crippen molar-refractivity contribution in [2.75, 3.05) is 11.9 Å². The zero-order chi connectivity index (χ0) is 13.2. The molecule has 18 heavy (non-hydrogen) atoms. The Hall–Kier alpha value is -1.55. The third kappa shape index (κ3) is 6.25. The number of nitrogens with one attached hydrogen (secondary N) is 1. The minimum absolute atomic E-state index is 0.529. The monoisotopic (exact) mass is 251 g/mol. The van der Waals surface area contributed by atoms with E-state index in [1.54, 1.807) is 12.1 Å². The van der Waals surface area contributed by atoms with E-state index in [0.29, 0.717) is 12.3 Å². The Bertz CT molecular complexity index is 366. The average Bonchev–Trinajstić information content (AvgIpc) is 2.33. The molecule has 100 valence electrons. The van der Waals surface area contributed by atoms with E-state index in [4.69, 9.17) is 9.84 Å². The third-order valence-corrected chi connectivity index (χ3v) is 2.59. The molecule has 0 saturated carbocycles. The molecule has 0 radical (unpaired) electrons. The number of anilines is 1. The average molecular weight is 251 g/mol. The molecule has 4 heteroatoms. The first-order valence-electron chi connectivity index (χ1n) is 6.39. The Labute approximate surface area is 108 Å². The van der Waals surface area contributed by atoms with Crippen molar-refractivity contribution in [1.29, 1.82) is 0 Å². The fourth-order valence-electron chi connectivity index (χ4n) is 1.68. The van der Waals surface area contributed by atoms with E-state index in [1.165, 1.54) is 19.3 Å². The summed E-state index contributed by atoms with van der Waals surface area (Å²) in [6.45, 7) is 3.47. The zero-order valence-electron chi connectivity index (χ0n) is 10.8. The molecule has 0 aliphatic rings. The lowest BCUT2D eigenvalue weighted by molar-refractivity contribution is 0.117. The van der Waals surface area contributed by atoms with Gasteiger partial charge in [-0.2, -0.15) is 0 Å². The summed E-state index contributed by atoms with van der Waals surface area (Å²) < 4.78 is 5.55. The van der Waals surface area contributed by atoms with Crippen molar-refractivity contribution in [2.45, 2.75) is 39.2 Å². The van der Waals surface area contributed by atoms with Gasteiger partial charge in [-0.15, -0.1) is 0 Å². The summed E-state index contributed by atoms with van der Waals surface area (Å²) in [6.07, 6.45) is 3.72. The molecule has 0 heterocycles. The van der Waals surface area contributed by atoms with Crippen LogP contribution in [0.1, 0.15) is 38.2 Å². The molecule has 0 unspecified atom stereocenters. The maximum atomic E-state index is 10.5. The highest BCUT2D eigenvalue weighted by Crippen LogP contribution is 2.11. The van der Waals surface area contributed by atoms with Crippen molar-refractivity contribution in [1.82, 2.24) is 0 Å². The number of rotatable bonds is 8. The lowest BCUT2D eigenvalue weighted by Gasteiger charge is -2.06. The Kier molecular flexibility index (Phi) is 6.87. The molecule has 0 saturated heterocycles. The van der Waals surface area contributed by atoms with Crippen LogP contribution in [0.2, 0.25) is 0 Å². The highest BCUT2D eigenvalue weighted by molar-refractivity contribution is 5.82. The summed E-state index contributed by atoms with van der Waals surface area (Å²) in [5.41, 5.74) is 1.56. The van der Waals surface area contributed by atoms with Crippen LogP contribution in [0.4, 0.5) is 10.5 Å². The molecule has 0 aromatic heterocycles. The maximum absolute atomic E-state index is 10.5. The van der Waals surface area contributed by atoms with E-state index < -0.39 is 6.09 Å². The van der Waals surface area contributed by atoms with Crippen LogP contribution in [-0.4, -0.2) is 17.8 Å². The van der Waals surface area contributed by atoms with Crippen LogP contribution in [0.3, 0.4) is 0 Å². The van der Waals surface area contributed by atoms with Gasteiger partial charge in [0, 0.05) is 12.3 Å². The van der Waals surface area contributed by atoms with Crippen molar-refractivity contribution < 1.29 is 14.6 Å². The van der Waals surface area contributed by atoms with E-state index in [-0.39, 0.29) is 0 Å². The number of hydrogen-bond acceptors (Lipinski definition) is 2. The van der Waals surface area contributed by atoms with Gasteiger partial charge in [0.2, 0.25) is 0 Å². The first-order chi connectivity index (χ1) is 8.72. The van der Waals surface area contributed by atoms with Gasteiger partial charge in [0.1, 0.15) is 0 Å². The van der Waals surface area contributed by atoms with Gasteiger partial charge < -0.3 is 9.84 Å². The third-order valence-electron chi connectivity index (χ3n) is 2.59. The fourth-order valence-corrected chi connectivity index (χ4v) is 1.68. The number of amides is 1. The number of carboxylic acid groups (broad SMARTS) is 1. The van der Waals surface area contributed by atoms with Crippen LogP contribution in [0, 0.1) is 0 Å². The van der Waals surface area contributed by atoms with Gasteiger partial charge in [-0.25, -0.2) is 4.79 Å². The van der Waals surface area contributed by atoms with E-state index in [0.717, 1.165) is 18.6 Å². The summed E-state index contributed by atoms with van der Waals surface area (Å²) in [7, 11) is 0. The number of ether oxygens (including phenoxy) is 1. The minimum atomic E-state index is -1.05. The molecule has 2 N–H and O–H groups in total. The number of unbranched alkanes of at least 4 members (excludes halogenated alkanes) is 3. The number of hydrogen-bond donors (Lipinski definition) is 2. The van der Waals surface area contributed by atoms with Gasteiger partial charge in [-0.1, -0.05) is 38.3 Å². The summed E-state index contributed by atoms with van der Waals surface area (Å²) in [5, 5.41) is 10.9. The van der Waals surface area contributed by atoms with Crippen molar-refractivity contribution in [3.8, 4) is 0 Å².